The summed E-state index contributed by atoms with van der Waals surface area (Å²) in [6, 6.07) is 8.39. The summed E-state index contributed by atoms with van der Waals surface area (Å²) in [5, 5.41) is 29.2. The maximum absolute atomic E-state index is 9.72. The number of ether oxygens (including phenoxy) is 7. The molecule has 1 aromatic carbocycles. The van der Waals surface area contributed by atoms with E-state index in [0.29, 0.717) is 94.3 Å². The van der Waals surface area contributed by atoms with Gasteiger partial charge in [-0.2, -0.15) is 5.26 Å². The molecule has 4 heterocycles. The summed E-state index contributed by atoms with van der Waals surface area (Å²) in [6.07, 6.45) is 11.4. The first-order valence-electron chi connectivity index (χ1n) is 19.7. The quantitative estimate of drug-likeness (QED) is 0.112. The van der Waals surface area contributed by atoms with E-state index in [9.17, 15) is 5.26 Å². The highest BCUT2D eigenvalue weighted by Gasteiger charge is 2.32. The van der Waals surface area contributed by atoms with Gasteiger partial charge in [0.05, 0.1) is 82.8 Å². The second kappa shape index (κ2) is 21.7. The third-order valence-electron chi connectivity index (χ3n) is 9.84. The van der Waals surface area contributed by atoms with Crippen LogP contribution in [0.25, 0.3) is 11.1 Å². The van der Waals surface area contributed by atoms with Gasteiger partial charge in [0.1, 0.15) is 36.5 Å². The zero-order valence-corrected chi connectivity index (χ0v) is 33.4. The molecule has 2 aliphatic rings. The summed E-state index contributed by atoms with van der Waals surface area (Å²) >= 11 is 0. The average Bonchev–Trinajstić information content (AvgIpc) is 3.88. The van der Waals surface area contributed by atoms with Gasteiger partial charge in [-0.15, -0.1) is 10.2 Å². The van der Waals surface area contributed by atoms with Crippen LogP contribution in [0, 0.1) is 11.3 Å². The SMILES string of the molecule is COCCOCCOCCOCCOc1nn(C2CCC(N3C[C@@H](C)O[C@@H](C)C3)CC2)cc1Nc1ncc(-c2ccc(C#N)c(O[C@@H](C)Cn3cnnn3)c2)cn1. The van der Waals surface area contributed by atoms with Crippen LogP contribution in [0.4, 0.5) is 11.6 Å². The lowest BCUT2D eigenvalue weighted by Gasteiger charge is -2.42. The van der Waals surface area contributed by atoms with Crippen molar-refractivity contribution in [3.8, 4) is 28.8 Å². The fourth-order valence-electron chi connectivity index (χ4n) is 7.17. The van der Waals surface area contributed by atoms with Crippen molar-refractivity contribution in [2.75, 3.05) is 78.4 Å². The van der Waals surface area contributed by atoms with Crippen LogP contribution in [0.5, 0.6) is 11.6 Å². The molecule has 3 atom stereocenters. The first-order valence-corrected chi connectivity index (χ1v) is 19.7. The van der Waals surface area contributed by atoms with E-state index in [4.69, 9.17) is 38.3 Å². The molecule has 2 fully saturated rings. The smallest absolute Gasteiger partial charge is 0.257 e. The molecule has 57 heavy (non-hydrogen) atoms. The standard InChI is InChI=1S/C39H55N11O7/c1-28-23-48(24-29(2)56-28)34-7-9-35(10-8-34)50-26-36(38(45-50)55-18-17-54-16-15-53-14-13-52-12-11-51-4)44-39-41-21-33(22-42-39)31-5-6-32(20-40)37(19-31)57-30(3)25-49-27-43-46-47-49/h5-6,19,21-22,26-30,34-35H,7-18,23-25H2,1-4H3,(H,41,42,44)/t28-,29+,30-,34?,35?/m0/s1. The van der Waals surface area contributed by atoms with Gasteiger partial charge < -0.3 is 38.5 Å². The normalized spacial score (nSPS) is 20.5. The van der Waals surface area contributed by atoms with Gasteiger partial charge in [0.2, 0.25) is 5.95 Å². The summed E-state index contributed by atoms with van der Waals surface area (Å²) in [4.78, 5) is 11.8. The van der Waals surface area contributed by atoms with Gasteiger partial charge in [0, 0.05) is 44.2 Å². The van der Waals surface area contributed by atoms with Gasteiger partial charge in [0.25, 0.3) is 5.88 Å². The van der Waals surface area contributed by atoms with Crippen LogP contribution in [0.3, 0.4) is 0 Å². The van der Waals surface area contributed by atoms with Crippen LogP contribution >= 0.6 is 0 Å². The van der Waals surface area contributed by atoms with E-state index in [1.54, 1.807) is 30.3 Å². The molecule has 0 amide bonds. The van der Waals surface area contributed by atoms with Gasteiger partial charge >= 0.3 is 0 Å². The third-order valence-corrected chi connectivity index (χ3v) is 9.84. The summed E-state index contributed by atoms with van der Waals surface area (Å²) < 4.78 is 43.6. The largest absolute Gasteiger partial charge is 0.487 e. The van der Waals surface area contributed by atoms with Crippen molar-refractivity contribution >= 4 is 11.6 Å². The number of benzene rings is 1. The molecule has 0 spiro atoms. The molecule has 1 aliphatic heterocycles. The molecule has 0 bridgehead atoms. The predicted molar refractivity (Wildman–Crippen MR) is 208 cm³/mol. The van der Waals surface area contributed by atoms with Crippen LogP contribution in [-0.2, 0) is 30.2 Å². The number of nitrogens with zero attached hydrogens (tertiary/aromatic N) is 10. The number of hydrogen-bond donors (Lipinski definition) is 1. The summed E-state index contributed by atoms with van der Waals surface area (Å²) in [5.41, 5.74) is 2.65. The van der Waals surface area contributed by atoms with Crippen LogP contribution in [-0.4, -0.2) is 142 Å². The predicted octanol–water partition coefficient (Wildman–Crippen LogP) is 4.08. The van der Waals surface area contributed by atoms with E-state index in [1.165, 1.54) is 6.33 Å². The Morgan fingerprint density at radius 2 is 1.56 bits per heavy atom. The van der Waals surface area contributed by atoms with Crippen LogP contribution in [0.1, 0.15) is 58.1 Å². The number of tetrazole rings is 1. The highest BCUT2D eigenvalue weighted by atomic mass is 16.6. The van der Waals surface area contributed by atoms with Gasteiger partial charge in [-0.05, 0) is 74.6 Å². The van der Waals surface area contributed by atoms with Gasteiger partial charge in [-0.1, -0.05) is 6.07 Å². The minimum atomic E-state index is -0.286. The maximum atomic E-state index is 9.72. The molecular weight excluding hydrogens is 734 g/mol. The fourth-order valence-corrected chi connectivity index (χ4v) is 7.17. The van der Waals surface area contributed by atoms with Gasteiger partial charge in [-0.25, -0.2) is 14.6 Å². The molecule has 18 heteroatoms. The highest BCUT2D eigenvalue weighted by Crippen LogP contribution is 2.35. The lowest BCUT2D eigenvalue weighted by Crippen LogP contribution is -2.51. The Kier molecular flexibility index (Phi) is 15.9. The number of rotatable bonds is 22. The summed E-state index contributed by atoms with van der Waals surface area (Å²) in [6.45, 7) is 12.3. The Bertz CT molecular complexity index is 1800. The first-order chi connectivity index (χ1) is 27.9. The van der Waals surface area contributed by atoms with Crippen LogP contribution < -0.4 is 14.8 Å². The molecule has 1 saturated carbocycles. The number of anilines is 2. The number of hydrogen-bond acceptors (Lipinski definition) is 16. The van der Waals surface area contributed by atoms with E-state index in [-0.39, 0.29) is 24.4 Å². The van der Waals surface area contributed by atoms with Crippen LogP contribution in [0.2, 0.25) is 0 Å². The van der Waals surface area contributed by atoms with Gasteiger partial charge in [0.15, 0.2) is 0 Å². The first kappa shape index (κ1) is 41.9. The third kappa shape index (κ3) is 12.6. The number of methoxy groups -OCH3 is 1. The molecule has 1 N–H and O–H groups in total. The second-order valence-corrected chi connectivity index (χ2v) is 14.4. The Labute approximate surface area is 333 Å². The molecule has 6 rings (SSSR count). The Hall–Kier alpha value is -4.77. The number of aromatic nitrogens is 8. The fraction of sp³-hybridized carbons (Fsp3) is 0.615. The maximum Gasteiger partial charge on any atom is 0.257 e. The van der Waals surface area contributed by atoms with Crippen molar-refractivity contribution in [3.63, 3.8) is 0 Å². The molecule has 1 aliphatic carbocycles. The zero-order valence-electron chi connectivity index (χ0n) is 33.4. The number of morpholine rings is 1. The van der Waals surface area contributed by atoms with E-state index < -0.39 is 0 Å². The van der Waals surface area contributed by atoms with Crippen molar-refractivity contribution in [1.29, 1.82) is 5.26 Å². The van der Waals surface area contributed by atoms with Gasteiger partial charge in [-0.3, -0.25) is 9.58 Å². The topological polar surface area (TPSA) is 191 Å². The van der Waals surface area contributed by atoms with Crippen molar-refractivity contribution in [3.05, 3.63) is 48.7 Å². The van der Waals surface area contributed by atoms with E-state index in [2.05, 4.69) is 55.6 Å². The highest BCUT2D eigenvalue weighted by molar-refractivity contribution is 5.67. The monoisotopic (exact) mass is 789 g/mol. The van der Waals surface area contributed by atoms with Crippen molar-refractivity contribution < 1.29 is 33.2 Å². The Balaban J connectivity index is 1.07. The minimum Gasteiger partial charge on any atom is -0.487 e. The zero-order chi connectivity index (χ0) is 39.8. The lowest BCUT2D eigenvalue weighted by atomic mass is 9.89. The molecule has 0 radical (unpaired) electrons. The number of nitriles is 1. The Morgan fingerprint density at radius 1 is 0.895 bits per heavy atom. The molecular formula is C39H55N11O7. The molecule has 308 valence electrons. The number of nitrogens with one attached hydrogen (secondary N) is 1. The molecule has 4 aromatic rings. The average molecular weight is 790 g/mol. The van der Waals surface area contributed by atoms with Crippen molar-refractivity contribution in [2.24, 2.45) is 0 Å². The molecule has 0 unspecified atom stereocenters. The molecule has 3 aromatic heterocycles. The molecule has 1 saturated heterocycles. The Morgan fingerprint density at radius 3 is 2.21 bits per heavy atom. The van der Waals surface area contributed by atoms with Crippen LogP contribution in [0.15, 0.2) is 43.1 Å². The second-order valence-electron chi connectivity index (χ2n) is 14.4. The lowest BCUT2D eigenvalue weighted by molar-refractivity contribution is -0.0852. The minimum absolute atomic E-state index is 0.244. The van der Waals surface area contributed by atoms with Crippen molar-refractivity contribution in [2.45, 2.75) is 83.4 Å². The van der Waals surface area contributed by atoms with E-state index in [1.807, 2.05) is 29.9 Å². The summed E-state index contributed by atoms with van der Waals surface area (Å²) in [7, 11) is 1.65. The van der Waals surface area contributed by atoms with E-state index >= 15 is 0 Å². The molecule has 18 nitrogen and oxygen atoms in total. The van der Waals surface area contributed by atoms with Crippen molar-refractivity contribution in [1.82, 2.24) is 44.9 Å². The summed E-state index contributed by atoms with van der Waals surface area (Å²) in [5.74, 6) is 1.30. The van der Waals surface area contributed by atoms with E-state index in [0.717, 1.165) is 49.9 Å².